The lowest BCUT2D eigenvalue weighted by Crippen LogP contribution is -2.45. The summed E-state index contributed by atoms with van der Waals surface area (Å²) in [5.74, 6) is 0.941. The van der Waals surface area contributed by atoms with Crippen LogP contribution in [0.4, 0.5) is 5.69 Å². The van der Waals surface area contributed by atoms with Gasteiger partial charge in [-0.3, -0.25) is 4.79 Å². The summed E-state index contributed by atoms with van der Waals surface area (Å²) < 4.78 is 8.98. The molecular formula is C21H26N4O3. The first-order valence-corrected chi connectivity index (χ1v) is 9.63. The molecule has 3 aromatic rings. The van der Waals surface area contributed by atoms with Crippen molar-refractivity contribution in [3.05, 3.63) is 58.3 Å². The van der Waals surface area contributed by atoms with E-state index in [0.29, 0.717) is 13.0 Å². The van der Waals surface area contributed by atoms with Gasteiger partial charge in [-0.05, 0) is 38.0 Å². The smallest absolute Gasteiger partial charge is 0.250 e. The van der Waals surface area contributed by atoms with Crippen molar-refractivity contribution in [3.63, 3.8) is 0 Å². The third-order valence-electron chi connectivity index (χ3n) is 5.72. The topological polar surface area (TPSA) is 72.5 Å². The molecular weight excluding hydrogens is 356 g/mol. The van der Waals surface area contributed by atoms with E-state index in [4.69, 9.17) is 9.72 Å². The van der Waals surface area contributed by atoms with Gasteiger partial charge in [0.05, 0.1) is 11.0 Å². The molecule has 1 aromatic carbocycles. The number of methoxy groups -OCH3 is 1. The summed E-state index contributed by atoms with van der Waals surface area (Å²) in [6, 6.07) is 9.47. The first-order valence-electron chi connectivity index (χ1n) is 9.63. The van der Waals surface area contributed by atoms with Crippen LogP contribution in [-0.4, -0.2) is 38.8 Å². The van der Waals surface area contributed by atoms with Gasteiger partial charge < -0.3 is 23.9 Å². The average molecular weight is 382 g/mol. The van der Waals surface area contributed by atoms with Gasteiger partial charge in [-0.2, -0.15) is 0 Å². The first kappa shape index (κ1) is 18.7. The molecule has 1 N–H and O–H groups in total. The molecule has 2 atom stereocenters. The van der Waals surface area contributed by atoms with Crippen molar-refractivity contribution in [2.24, 2.45) is 7.05 Å². The number of hydrogen-bond acceptors (Lipinski definition) is 5. The molecule has 3 heterocycles. The van der Waals surface area contributed by atoms with E-state index in [1.807, 2.05) is 30.1 Å². The summed E-state index contributed by atoms with van der Waals surface area (Å²) in [6.45, 7) is 2.68. The lowest BCUT2D eigenvalue weighted by Gasteiger charge is -2.39. The van der Waals surface area contributed by atoms with Crippen molar-refractivity contribution >= 4 is 16.7 Å². The van der Waals surface area contributed by atoms with Crippen molar-refractivity contribution in [1.29, 1.82) is 0 Å². The van der Waals surface area contributed by atoms with E-state index in [9.17, 15) is 9.90 Å². The molecule has 28 heavy (non-hydrogen) atoms. The van der Waals surface area contributed by atoms with E-state index in [2.05, 4.69) is 11.5 Å². The molecule has 0 amide bonds. The number of imidazole rings is 1. The third kappa shape index (κ3) is 3.10. The summed E-state index contributed by atoms with van der Waals surface area (Å²) in [5, 5.41) is 10.3. The molecule has 0 spiro atoms. The summed E-state index contributed by atoms with van der Waals surface area (Å²) >= 11 is 0. The maximum absolute atomic E-state index is 11.9. The number of pyridine rings is 1. The maximum atomic E-state index is 11.9. The van der Waals surface area contributed by atoms with Crippen LogP contribution in [0.2, 0.25) is 0 Å². The van der Waals surface area contributed by atoms with Crippen LogP contribution in [0.5, 0.6) is 0 Å². The standard InChI is InChI=1S/C21H26N4O3/c1-14-7-8-15-16(25(14)21(27)28-3)9-10-17-20(15)22-18(23(17)2)11-13-24-12-5-4-6-19(24)26/h4-6,9-10,12,14,21,27H,7-8,11,13H2,1-3H3/t14-,21?/m0/s1. The summed E-state index contributed by atoms with van der Waals surface area (Å²) in [7, 11) is 3.52. The van der Waals surface area contributed by atoms with E-state index >= 15 is 0 Å². The second-order valence-corrected chi connectivity index (χ2v) is 7.36. The lowest BCUT2D eigenvalue weighted by molar-refractivity contribution is -0.0794. The van der Waals surface area contributed by atoms with Crippen molar-refractivity contribution < 1.29 is 9.84 Å². The van der Waals surface area contributed by atoms with Gasteiger partial charge in [-0.25, -0.2) is 4.98 Å². The Labute approximate surface area is 163 Å². The van der Waals surface area contributed by atoms with Gasteiger partial charge in [-0.1, -0.05) is 6.07 Å². The molecule has 0 saturated heterocycles. The molecule has 1 unspecified atom stereocenters. The van der Waals surface area contributed by atoms with Crippen LogP contribution in [0.25, 0.3) is 11.0 Å². The zero-order valence-electron chi connectivity index (χ0n) is 16.5. The largest absolute Gasteiger partial charge is 0.351 e. The fourth-order valence-corrected chi connectivity index (χ4v) is 4.11. The number of hydrogen-bond donors (Lipinski definition) is 1. The van der Waals surface area contributed by atoms with Crippen molar-refractivity contribution in [2.45, 2.75) is 45.2 Å². The number of aryl methyl sites for hydroxylation is 4. The molecule has 7 nitrogen and oxygen atoms in total. The number of anilines is 1. The number of ether oxygens (including phenoxy) is 1. The predicted octanol–water partition coefficient (Wildman–Crippen LogP) is 2.04. The SMILES string of the molecule is COC(O)N1c2ccc3c(nc(CCn4ccccc4=O)n3C)c2CC[C@@H]1C. The zero-order chi connectivity index (χ0) is 19.8. The molecule has 0 aliphatic carbocycles. The fraction of sp³-hybridized carbons (Fsp3) is 0.429. The summed E-state index contributed by atoms with van der Waals surface area (Å²) in [4.78, 5) is 18.8. The van der Waals surface area contributed by atoms with Crippen LogP contribution in [-0.2, 0) is 31.2 Å². The monoisotopic (exact) mass is 382 g/mol. The van der Waals surface area contributed by atoms with Crippen LogP contribution in [0, 0.1) is 0 Å². The molecule has 0 bridgehead atoms. The highest BCUT2D eigenvalue weighted by molar-refractivity contribution is 5.86. The quantitative estimate of drug-likeness (QED) is 0.684. The fourth-order valence-electron chi connectivity index (χ4n) is 4.11. The van der Waals surface area contributed by atoms with Gasteiger partial charge in [0.25, 0.3) is 5.56 Å². The van der Waals surface area contributed by atoms with Crippen LogP contribution in [0.15, 0.2) is 41.3 Å². The normalized spacial score (nSPS) is 17.7. The maximum Gasteiger partial charge on any atom is 0.250 e. The van der Waals surface area contributed by atoms with Crippen LogP contribution in [0.3, 0.4) is 0 Å². The Balaban J connectivity index is 1.71. The van der Waals surface area contributed by atoms with E-state index in [0.717, 1.165) is 41.0 Å². The van der Waals surface area contributed by atoms with Crippen molar-refractivity contribution in [1.82, 2.24) is 14.1 Å². The van der Waals surface area contributed by atoms with Crippen molar-refractivity contribution in [3.8, 4) is 0 Å². The Hall–Kier alpha value is -2.64. The minimum atomic E-state index is -0.973. The molecule has 1 aliphatic heterocycles. The zero-order valence-corrected chi connectivity index (χ0v) is 16.5. The van der Waals surface area contributed by atoms with Crippen LogP contribution < -0.4 is 10.5 Å². The van der Waals surface area contributed by atoms with Gasteiger partial charge >= 0.3 is 0 Å². The van der Waals surface area contributed by atoms with E-state index in [1.54, 1.807) is 22.9 Å². The summed E-state index contributed by atoms with van der Waals surface area (Å²) in [5.41, 5.74) is 4.15. The minimum absolute atomic E-state index is 0.00294. The Morgan fingerprint density at radius 1 is 1.32 bits per heavy atom. The molecule has 4 rings (SSSR count). The van der Waals surface area contributed by atoms with Gasteiger partial charge in [0.15, 0.2) is 0 Å². The highest BCUT2D eigenvalue weighted by Crippen LogP contribution is 2.36. The molecule has 2 aromatic heterocycles. The Morgan fingerprint density at radius 3 is 2.89 bits per heavy atom. The molecule has 1 aliphatic rings. The molecule has 0 radical (unpaired) electrons. The summed E-state index contributed by atoms with van der Waals surface area (Å²) in [6.07, 6.45) is 3.34. The number of rotatable bonds is 5. The Morgan fingerprint density at radius 2 is 2.14 bits per heavy atom. The highest BCUT2D eigenvalue weighted by atomic mass is 16.6. The van der Waals surface area contributed by atoms with Gasteiger partial charge in [-0.15, -0.1) is 0 Å². The van der Waals surface area contributed by atoms with Gasteiger partial charge in [0.1, 0.15) is 5.82 Å². The number of benzene rings is 1. The van der Waals surface area contributed by atoms with Crippen LogP contribution >= 0.6 is 0 Å². The molecule has 148 valence electrons. The molecule has 0 saturated carbocycles. The van der Waals surface area contributed by atoms with Gasteiger partial charge in [0, 0.05) is 56.7 Å². The lowest BCUT2D eigenvalue weighted by atomic mass is 9.95. The molecule has 7 heteroatoms. The first-order chi connectivity index (χ1) is 13.5. The predicted molar refractivity (Wildman–Crippen MR) is 108 cm³/mol. The van der Waals surface area contributed by atoms with Crippen LogP contribution in [0.1, 0.15) is 24.7 Å². The second-order valence-electron chi connectivity index (χ2n) is 7.36. The average Bonchev–Trinajstić information content (AvgIpc) is 3.02. The third-order valence-corrected chi connectivity index (χ3v) is 5.72. The number of fused-ring (bicyclic) bond motifs is 3. The van der Waals surface area contributed by atoms with Crippen molar-refractivity contribution in [2.75, 3.05) is 12.0 Å². The molecule has 0 fully saturated rings. The number of nitrogens with zero attached hydrogens (tertiary/aromatic N) is 4. The number of aliphatic hydroxyl groups is 1. The second kappa shape index (κ2) is 7.41. The minimum Gasteiger partial charge on any atom is -0.351 e. The number of aromatic nitrogens is 3. The highest BCUT2D eigenvalue weighted by Gasteiger charge is 2.30. The van der Waals surface area contributed by atoms with E-state index < -0.39 is 6.41 Å². The number of aliphatic hydroxyl groups excluding tert-OH is 1. The van der Waals surface area contributed by atoms with E-state index in [-0.39, 0.29) is 11.6 Å². The Bertz CT molecular complexity index is 1060. The van der Waals surface area contributed by atoms with Gasteiger partial charge in [0.2, 0.25) is 6.41 Å². The van der Waals surface area contributed by atoms with E-state index in [1.165, 1.54) is 7.11 Å². The Kier molecular flexibility index (Phi) is 4.95.